The Bertz CT molecular complexity index is 363. The first-order valence-corrected chi connectivity index (χ1v) is 4.93. The zero-order chi connectivity index (χ0) is 10.7. The molecule has 0 amide bonds. The van der Waals surface area contributed by atoms with Crippen LogP contribution in [-0.4, -0.2) is 5.78 Å². The lowest BCUT2D eigenvalue weighted by molar-refractivity contribution is -0.116. The van der Waals surface area contributed by atoms with E-state index in [0.717, 1.165) is 0 Å². The molecule has 0 aliphatic rings. The van der Waals surface area contributed by atoms with Crippen molar-refractivity contribution in [1.82, 2.24) is 0 Å². The van der Waals surface area contributed by atoms with Gasteiger partial charge in [0.1, 0.15) is 17.4 Å². The second kappa shape index (κ2) is 4.64. The van der Waals surface area contributed by atoms with Gasteiger partial charge in [-0.15, -0.1) is 0 Å². The maximum atomic E-state index is 13.3. The summed E-state index contributed by atoms with van der Waals surface area (Å²) in [4.78, 5) is 10.7. The number of halogens is 3. The molecule has 1 rings (SSSR count). The number of carbonyl (C=O) groups excluding carboxylic acids is 1. The highest BCUT2D eigenvalue weighted by Gasteiger charge is 2.12. The molecule has 0 aromatic heterocycles. The highest BCUT2D eigenvalue weighted by molar-refractivity contribution is 9.10. The lowest BCUT2D eigenvalue weighted by Gasteiger charge is -2.04. The van der Waals surface area contributed by atoms with Gasteiger partial charge in [0.2, 0.25) is 0 Å². The minimum atomic E-state index is -0.619. The average Bonchev–Trinajstić information content (AvgIpc) is 2.11. The monoisotopic (exact) mass is 262 g/mol. The third-order valence-corrected chi connectivity index (χ3v) is 2.48. The van der Waals surface area contributed by atoms with Crippen LogP contribution in [0.4, 0.5) is 8.78 Å². The molecule has 0 aliphatic carbocycles. The molecule has 0 spiro atoms. The highest BCUT2D eigenvalue weighted by Crippen LogP contribution is 2.22. The van der Waals surface area contributed by atoms with Crippen LogP contribution in [0.25, 0.3) is 0 Å². The van der Waals surface area contributed by atoms with E-state index in [4.69, 9.17) is 0 Å². The van der Waals surface area contributed by atoms with Crippen LogP contribution in [0.1, 0.15) is 18.9 Å². The molecule has 0 atom stereocenters. The molecular weight excluding hydrogens is 254 g/mol. The van der Waals surface area contributed by atoms with Gasteiger partial charge in [-0.1, -0.05) is 0 Å². The summed E-state index contributed by atoms with van der Waals surface area (Å²) in [6.45, 7) is 1.40. The molecule has 0 N–H and O–H groups in total. The molecule has 0 bridgehead atoms. The first-order valence-electron chi connectivity index (χ1n) is 4.14. The van der Waals surface area contributed by atoms with E-state index in [9.17, 15) is 13.6 Å². The fraction of sp³-hybridized carbons (Fsp3) is 0.300. The van der Waals surface area contributed by atoms with Crippen molar-refractivity contribution in [1.29, 1.82) is 0 Å². The molecule has 0 aliphatic heterocycles. The van der Waals surface area contributed by atoms with Gasteiger partial charge < -0.3 is 4.79 Å². The van der Waals surface area contributed by atoms with Crippen LogP contribution >= 0.6 is 15.9 Å². The van der Waals surface area contributed by atoms with Crippen LogP contribution in [0.3, 0.4) is 0 Å². The fourth-order valence-corrected chi connectivity index (χ4v) is 1.47. The zero-order valence-electron chi connectivity index (χ0n) is 7.61. The Morgan fingerprint density at radius 3 is 2.64 bits per heavy atom. The normalized spacial score (nSPS) is 10.3. The minimum Gasteiger partial charge on any atom is -0.300 e. The lowest BCUT2D eigenvalue weighted by Crippen LogP contribution is -2.00. The van der Waals surface area contributed by atoms with Crippen molar-refractivity contribution in [2.24, 2.45) is 0 Å². The Labute approximate surface area is 89.3 Å². The summed E-state index contributed by atoms with van der Waals surface area (Å²) >= 11 is 2.96. The summed E-state index contributed by atoms with van der Waals surface area (Å²) in [5.74, 6) is -1.30. The maximum absolute atomic E-state index is 13.3. The molecule has 1 nitrogen and oxygen atoms in total. The van der Waals surface area contributed by atoms with Crippen molar-refractivity contribution in [3.8, 4) is 0 Å². The van der Waals surface area contributed by atoms with Gasteiger partial charge >= 0.3 is 0 Å². The summed E-state index contributed by atoms with van der Waals surface area (Å²) in [5, 5.41) is 0. The number of ketones is 1. The van der Waals surface area contributed by atoms with Crippen LogP contribution in [0.2, 0.25) is 0 Å². The topological polar surface area (TPSA) is 17.1 Å². The van der Waals surface area contributed by atoms with Gasteiger partial charge in [-0.25, -0.2) is 8.78 Å². The van der Waals surface area contributed by atoms with Crippen LogP contribution in [0, 0.1) is 11.6 Å². The van der Waals surface area contributed by atoms with Gasteiger partial charge in [-0.05, 0) is 41.4 Å². The van der Waals surface area contributed by atoms with Crippen LogP contribution in [-0.2, 0) is 11.2 Å². The maximum Gasteiger partial charge on any atom is 0.143 e. The van der Waals surface area contributed by atoms with E-state index >= 15 is 0 Å². The van der Waals surface area contributed by atoms with E-state index in [2.05, 4.69) is 15.9 Å². The van der Waals surface area contributed by atoms with Gasteiger partial charge in [0.05, 0.1) is 4.47 Å². The van der Waals surface area contributed by atoms with E-state index in [0.29, 0.717) is 0 Å². The predicted molar refractivity (Wildman–Crippen MR) is 53.1 cm³/mol. The predicted octanol–water partition coefficient (Wildman–Crippen LogP) is 3.25. The van der Waals surface area contributed by atoms with E-state index in [1.807, 2.05) is 0 Å². The zero-order valence-corrected chi connectivity index (χ0v) is 9.20. The molecule has 0 fully saturated rings. The Balaban J connectivity index is 2.95. The largest absolute Gasteiger partial charge is 0.300 e. The number of rotatable bonds is 3. The van der Waals surface area contributed by atoms with E-state index in [-0.39, 0.29) is 28.7 Å². The third kappa shape index (κ3) is 2.61. The number of Topliss-reactive ketones (excluding diaryl/α,β-unsaturated/α-hetero) is 1. The molecule has 0 heterocycles. The highest BCUT2D eigenvalue weighted by atomic mass is 79.9. The Kier molecular flexibility index (Phi) is 3.75. The fourth-order valence-electron chi connectivity index (χ4n) is 1.10. The van der Waals surface area contributed by atoms with Gasteiger partial charge in [0.25, 0.3) is 0 Å². The quantitative estimate of drug-likeness (QED) is 0.765. The molecular formula is C10H9BrF2O. The average molecular weight is 263 g/mol. The summed E-state index contributed by atoms with van der Waals surface area (Å²) in [6, 6.07) is 2.49. The second-order valence-corrected chi connectivity index (χ2v) is 3.88. The summed E-state index contributed by atoms with van der Waals surface area (Å²) < 4.78 is 26.6. The summed E-state index contributed by atoms with van der Waals surface area (Å²) in [6.07, 6.45) is 0.261. The minimum absolute atomic E-state index is 0.0328. The molecule has 0 saturated heterocycles. The Hall–Kier alpha value is -0.770. The Morgan fingerprint density at radius 1 is 1.43 bits per heavy atom. The smallest absolute Gasteiger partial charge is 0.143 e. The van der Waals surface area contributed by atoms with Gasteiger partial charge in [-0.3, -0.25) is 0 Å². The first kappa shape index (κ1) is 11.3. The van der Waals surface area contributed by atoms with Crippen LogP contribution in [0.5, 0.6) is 0 Å². The van der Waals surface area contributed by atoms with Crippen molar-refractivity contribution < 1.29 is 13.6 Å². The molecule has 0 saturated carbocycles. The molecule has 0 unspecified atom stereocenters. The molecule has 1 aromatic rings. The van der Waals surface area contributed by atoms with Crippen LogP contribution < -0.4 is 0 Å². The summed E-state index contributed by atoms with van der Waals surface area (Å²) in [7, 11) is 0. The van der Waals surface area contributed by atoms with Gasteiger partial charge in [0, 0.05) is 12.0 Å². The van der Waals surface area contributed by atoms with E-state index in [1.165, 1.54) is 19.1 Å². The van der Waals surface area contributed by atoms with Gasteiger partial charge in [0.15, 0.2) is 0 Å². The number of hydrogen-bond donors (Lipinski definition) is 0. The SMILES string of the molecule is CC(=O)CCc1c(F)ccc(Br)c1F. The van der Waals surface area contributed by atoms with Crippen molar-refractivity contribution in [3.05, 3.63) is 33.8 Å². The number of hydrogen-bond acceptors (Lipinski definition) is 1. The van der Waals surface area contributed by atoms with E-state index in [1.54, 1.807) is 0 Å². The van der Waals surface area contributed by atoms with Crippen molar-refractivity contribution in [3.63, 3.8) is 0 Å². The van der Waals surface area contributed by atoms with Crippen molar-refractivity contribution >= 4 is 21.7 Å². The molecule has 76 valence electrons. The molecule has 1 aromatic carbocycles. The first-order chi connectivity index (χ1) is 6.52. The van der Waals surface area contributed by atoms with Crippen LogP contribution in [0.15, 0.2) is 16.6 Å². The van der Waals surface area contributed by atoms with Crippen molar-refractivity contribution in [2.75, 3.05) is 0 Å². The summed E-state index contributed by atoms with van der Waals surface area (Å²) in [5.41, 5.74) is -0.0328. The number of benzene rings is 1. The third-order valence-electron chi connectivity index (χ3n) is 1.87. The Morgan fingerprint density at radius 2 is 2.07 bits per heavy atom. The number of carbonyl (C=O) groups is 1. The second-order valence-electron chi connectivity index (χ2n) is 3.02. The lowest BCUT2D eigenvalue weighted by atomic mass is 10.1. The molecule has 14 heavy (non-hydrogen) atoms. The van der Waals surface area contributed by atoms with Crippen molar-refractivity contribution in [2.45, 2.75) is 19.8 Å². The molecule has 4 heteroatoms. The molecule has 0 radical (unpaired) electrons. The standard InChI is InChI=1S/C10H9BrF2O/c1-6(14)2-3-7-9(12)5-4-8(11)10(7)13/h4-5H,2-3H2,1H3. The van der Waals surface area contributed by atoms with Gasteiger partial charge in [-0.2, -0.15) is 0 Å². The van der Waals surface area contributed by atoms with E-state index < -0.39 is 11.6 Å².